The number of terminal acetylenes is 1. The van der Waals surface area contributed by atoms with Crippen LogP contribution in [0.2, 0.25) is 0 Å². The molecule has 1 rings (SSSR count). The summed E-state index contributed by atoms with van der Waals surface area (Å²) in [4.78, 5) is 0. The Balaban J connectivity index is 2.68. The Morgan fingerprint density at radius 1 is 1.29 bits per heavy atom. The van der Waals surface area contributed by atoms with E-state index in [1.54, 1.807) is 0 Å². The summed E-state index contributed by atoms with van der Waals surface area (Å²) in [5.74, 6) is 3.19. The predicted molar refractivity (Wildman–Crippen MR) is 62.3 cm³/mol. The second kappa shape index (κ2) is 5.50. The van der Waals surface area contributed by atoms with E-state index < -0.39 is 0 Å². The van der Waals surface area contributed by atoms with E-state index in [0.717, 1.165) is 6.42 Å². The molecule has 0 N–H and O–H groups in total. The third-order valence-corrected chi connectivity index (χ3v) is 2.51. The van der Waals surface area contributed by atoms with E-state index in [1.165, 1.54) is 24.0 Å². The van der Waals surface area contributed by atoms with Crippen LogP contribution in [0, 0.1) is 12.3 Å². The molecule has 0 spiro atoms. The maximum Gasteiger partial charge on any atom is 0.0152 e. The summed E-state index contributed by atoms with van der Waals surface area (Å²) in [6.45, 7) is 4.38. The second-order valence-corrected chi connectivity index (χ2v) is 3.80. The molecule has 0 aliphatic rings. The van der Waals surface area contributed by atoms with Gasteiger partial charge in [0.1, 0.15) is 0 Å². The van der Waals surface area contributed by atoms with Gasteiger partial charge in [-0.25, -0.2) is 0 Å². The Bertz CT molecular complexity index is 300. The van der Waals surface area contributed by atoms with Gasteiger partial charge in [0.25, 0.3) is 0 Å². The van der Waals surface area contributed by atoms with Gasteiger partial charge in [0, 0.05) is 6.42 Å². The highest BCUT2D eigenvalue weighted by molar-refractivity contribution is 5.25. The summed E-state index contributed by atoms with van der Waals surface area (Å²) in [5.41, 5.74) is 2.77. The first-order valence-corrected chi connectivity index (χ1v) is 5.30. The first-order valence-electron chi connectivity index (χ1n) is 5.30. The molecule has 0 aliphatic heterocycles. The summed E-state index contributed by atoms with van der Waals surface area (Å²) in [6, 6.07) is 8.83. The largest absolute Gasteiger partial charge is 0.120 e. The molecule has 0 heterocycles. The molecule has 0 nitrogen and oxygen atoms in total. The lowest BCUT2D eigenvalue weighted by Crippen LogP contribution is -1.92. The molecule has 0 aromatic heterocycles. The zero-order chi connectivity index (χ0) is 10.4. The van der Waals surface area contributed by atoms with Crippen LogP contribution in [-0.4, -0.2) is 0 Å². The third kappa shape index (κ3) is 2.92. The average molecular weight is 186 g/mol. The van der Waals surface area contributed by atoms with Crippen molar-refractivity contribution in [2.75, 3.05) is 0 Å². The molecule has 0 fully saturated rings. The molecular weight excluding hydrogens is 168 g/mol. The number of hydrogen-bond donors (Lipinski definition) is 0. The van der Waals surface area contributed by atoms with E-state index in [4.69, 9.17) is 6.42 Å². The first-order chi connectivity index (χ1) is 6.77. The molecule has 1 aromatic carbocycles. The summed E-state index contributed by atoms with van der Waals surface area (Å²) in [7, 11) is 0. The van der Waals surface area contributed by atoms with Crippen LogP contribution in [0.15, 0.2) is 24.3 Å². The molecule has 74 valence electrons. The molecule has 1 unspecified atom stereocenters. The number of hydrogen-bond acceptors (Lipinski definition) is 0. The van der Waals surface area contributed by atoms with Crippen LogP contribution in [-0.2, 0) is 6.42 Å². The van der Waals surface area contributed by atoms with Gasteiger partial charge in [-0.05, 0) is 23.5 Å². The zero-order valence-electron chi connectivity index (χ0n) is 9.09. The van der Waals surface area contributed by atoms with E-state index in [2.05, 4.69) is 44.0 Å². The molecule has 0 saturated carbocycles. The highest BCUT2D eigenvalue weighted by Crippen LogP contribution is 2.19. The fourth-order valence-corrected chi connectivity index (χ4v) is 1.60. The van der Waals surface area contributed by atoms with E-state index in [9.17, 15) is 0 Å². The molecule has 14 heavy (non-hydrogen) atoms. The summed E-state index contributed by atoms with van der Waals surface area (Å²) < 4.78 is 0. The summed E-state index contributed by atoms with van der Waals surface area (Å²) in [6.07, 6.45) is 8.50. The lowest BCUT2D eigenvalue weighted by atomic mass is 9.96. The van der Waals surface area contributed by atoms with Gasteiger partial charge >= 0.3 is 0 Å². The zero-order valence-corrected chi connectivity index (χ0v) is 9.09. The van der Waals surface area contributed by atoms with Crippen LogP contribution in [0.4, 0.5) is 0 Å². The van der Waals surface area contributed by atoms with Crippen LogP contribution in [0.3, 0.4) is 0 Å². The minimum absolute atomic E-state index is 0.482. The van der Waals surface area contributed by atoms with Crippen molar-refractivity contribution in [3.8, 4) is 12.3 Å². The van der Waals surface area contributed by atoms with Crippen molar-refractivity contribution in [3.05, 3.63) is 35.4 Å². The van der Waals surface area contributed by atoms with Gasteiger partial charge in [-0.2, -0.15) is 0 Å². The van der Waals surface area contributed by atoms with Crippen molar-refractivity contribution in [1.82, 2.24) is 0 Å². The van der Waals surface area contributed by atoms with Crippen molar-refractivity contribution < 1.29 is 0 Å². The highest BCUT2D eigenvalue weighted by Gasteiger charge is 2.02. The highest BCUT2D eigenvalue weighted by atomic mass is 14.1. The van der Waals surface area contributed by atoms with Crippen LogP contribution >= 0.6 is 0 Å². The van der Waals surface area contributed by atoms with Crippen molar-refractivity contribution in [1.29, 1.82) is 0 Å². The predicted octanol–water partition coefficient (Wildman–Crippen LogP) is 3.77. The third-order valence-electron chi connectivity index (χ3n) is 2.51. The van der Waals surface area contributed by atoms with E-state index in [1.807, 2.05) is 0 Å². The smallest absolute Gasteiger partial charge is 0.0152 e. The van der Waals surface area contributed by atoms with E-state index in [-0.39, 0.29) is 0 Å². The molecule has 1 aromatic rings. The second-order valence-electron chi connectivity index (χ2n) is 3.80. The molecule has 0 saturated heterocycles. The van der Waals surface area contributed by atoms with Gasteiger partial charge in [-0.15, -0.1) is 12.3 Å². The monoisotopic (exact) mass is 186 g/mol. The van der Waals surface area contributed by atoms with Crippen molar-refractivity contribution in [3.63, 3.8) is 0 Å². The van der Waals surface area contributed by atoms with Crippen molar-refractivity contribution in [2.45, 2.75) is 39.0 Å². The standard InChI is InChI=1S/C14H18/c1-4-6-12(3)14-10-8-13(7-5-2)9-11-14/h1,8-12H,5-7H2,2-3H3. The Kier molecular flexibility index (Phi) is 4.26. The van der Waals surface area contributed by atoms with Gasteiger partial charge in [0.15, 0.2) is 0 Å². The molecule has 1 atom stereocenters. The maximum absolute atomic E-state index is 5.29. The fourth-order valence-electron chi connectivity index (χ4n) is 1.60. The van der Waals surface area contributed by atoms with Crippen molar-refractivity contribution in [2.24, 2.45) is 0 Å². The van der Waals surface area contributed by atoms with Crippen molar-refractivity contribution >= 4 is 0 Å². The maximum atomic E-state index is 5.29. The lowest BCUT2D eigenvalue weighted by Gasteiger charge is -2.08. The quantitative estimate of drug-likeness (QED) is 0.628. The van der Waals surface area contributed by atoms with Crippen LogP contribution in [0.5, 0.6) is 0 Å². The Morgan fingerprint density at radius 3 is 2.43 bits per heavy atom. The SMILES string of the molecule is C#CCC(C)c1ccc(CCC)cc1. The Hall–Kier alpha value is -1.22. The number of benzene rings is 1. The van der Waals surface area contributed by atoms with E-state index in [0.29, 0.717) is 5.92 Å². The molecule has 0 heteroatoms. The van der Waals surface area contributed by atoms with Gasteiger partial charge in [0.2, 0.25) is 0 Å². The molecule has 0 aliphatic carbocycles. The number of aryl methyl sites for hydroxylation is 1. The Morgan fingerprint density at radius 2 is 1.93 bits per heavy atom. The first kappa shape index (κ1) is 10.9. The minimum atomic E-state index is 0.482. The summed E-state index contributed by atoms with van der Waals surface area (Å²) >= 11 is 0. The van der Waals surface area contributed by atoms with Crippen LogP contribution in [0.1, 0.15) is 43.7 Å². The molecular formula is C14H18. The van der Waals surface area contributed by atoms with Gasteiger partial charge in [-0.1, -0.05) is 44.5 Å². The summed E-state index contributed by atoms with van der Waals surface area (Å²) in [5, 5.41) is 0. The minimum Gasteiger partial charge on any atom is -0.120 e. The van der Waals surface area contributed by atoms with Crippen LogP contribution < -0.4 is 0 Å². The molecule has 0 radical (unpaired) electrons. The molecule has 0 amide bonds. The van der Waals surface area contributed by atoms with E-state index >= 15 is 0 Å². The Labute approximate surface area is 87.4 Å². The number of rotatable bonds is 4. The lowest BCUT2D eigenvalue weighted by molar-refractivity contribution is 0.794. The molecule has 0 bridgehead atoms. The normalized spacial score (nSPS) is 12.1. The van der Waals surface area contributed by atoms with Gasteiger partial charge < -0.3 is 0 Å². The fraction of sp³-hybridized carbons (Fsp3) is 0.429. The average Bonchev–Trinajstić information content (AvgIpc) is 2.20. The topological polar surface area (TPSA) is 0 Å². The van der Waals surface area contributed by atoms with Gasteiger partial charge in [-0.3, -0.25) is 0 Å². The van der Waals surface area contributed by atoms with Crippen LogP contribution in [0.25, 0.3) is 0 Å². The van der Waals surface area contributed by atoms with Gasteiger partial charge in [0.05, 0.1) is 0 Å².